The van der Waals surface area contributed by atoms with E-state index in [2.05, 4.69) is 17.3 Å². The van der Waals surface area contributed by atoms with Crippen molar-refractivity contribution in [2.75, 3.05) is 26.7 Å². The predicted molar refractivity (Wildman–Crippen MR) is 76.2 cm³/mol. The first-order valence-electron chi connectivity index (χ1n) is 7.74. The number of hydrogen-bond acceptors (Lipinski definition) is 3. The number of carboxylic acid groups (broad SMARTS) is 1. The maximum atomic E-state index is 11.1. The first kappa shape index (κ1) is 14.8. The molecule has 0 aromatic heterocycles. The molecule has 4 unspecified atom stereocenters. The summed E-state index contributed by atoms with van der Waals surface area (Å²) in [6.45, 7) is 4.69. The predicted octanol–water partition coefficient (Wildman–Crippen LogP) is 1.81. The van der Waals surface area contributed by atoms with Crippen molar-refractivity contribution < 1.29 is 9.90 Å². The lowest BCUT2D eigenvalue weighted by Gasteiger charge is -2.27. The Balaban J connectivity index is 1.69. The lowest BCUT2D eigenvalue weighted by atomic mass is 9.88. The second-order valence-electron chi connectivity index (χ2n) is 6.43. The Kier molecular flexibility index (Phi) is 5.22. The van der Waals surface area contributed by atoms with E-state index in [1.165, 1.54) is 25.7 Å². The molecule has 2 rings (SSSR count). The molecule has 0 aromatic carbocycles. The third-order valence-corrected chi connectivity index (χ3v) is 4.98. The summed E-state index contributed by atoms with van der Waals surface area (Å²) < 4.78 is 0. The molecule has 110 valence electrons. The van der Waals surface area contributed by atoms with Gasteiger partial charge in [0, 0.05) is 6.54 Å². The molecule has 19 heavy (non-hydrogen) atoms. The molecule has 0 saturated heterocycles. The zero-order valence-corrected chi connectivity index (χ0v) is 12.3. The standard InChI is InChI=1S/C15H28N2O2/c1-3-16-14(15(18)19)6-7-17(2)10-13-9-11-4-5-12(13)8-11/h11-14,16H,3-10H2,1-2H3,(H,18,19). The van der Waals surface area contributed by atoms with Gasteiger partial charge in [0.05, 0.1) is 0 Å². The molecule has 2 saturated carbocycles. The summed E-state index contributed by atoms with van der Waals surface area (Å²) in [5, 5.41) is 12.1. The van der Waals surface area contributed by atoms with Crippen molar-refractivity contribution >= 4 is 5.97 Å². The van der Waals surface area contributed by atoms with Gasteiger partial charge in [0.2, 0.25) is 0 Å². The number of aliphatic carboxylic acids is 1. The average molecular weight is 268 g/mol. The lowest BCUT2D eigenvalue weighted by molar-refractivity contribution is -0.139. The molecular formula is C15H28N2O2. The number of nitrogens with one attached hydrogen (secondary N) is 1. The van der Waals surface area contributed by atoms with Crippen molar-refractivity contribution in [3.63, 3.8) is 0 Å². The van der Waals surface area contributed by atoms with Gasteiger partial charge in [-0.1, -0.05) is 13.3 Å². The largest absolute Gasteiger partial charge is 0.480 e. The van der Waals surface area contributed by atoms with Crippen molar-refractivity contribution in [3.05, 3.63) is 0 Å². The van der Waals surface area contributed by atoms with Crippen LogP contribution in [0.15, 0.2) is 0 Å². The first-order chi connectivity index (χ1) is 9.10. The van der Waals surface area contributed by atoms with Gasteiger partial charge in [-0.15, -0.1) is 0 Å². The van der Waals surface area contributed by atoms with Crippen molar-refractivity contribution in [1.29, 1.82) is 0 Å². The molecule has 0 aliphatic heterocycles. The van der Waals surface area contributed by atoms with Crippen LogP contribution >= 0.6 is 0 Å². The minimum absolute atomic E-state index is 0.396. The van der Waals surface area contributed by atoms with E-state index in [4.69, 9.17) is 5.11 Å². The Morgan fingerprint density at radius 1 is 1.42 bits per heavy atom. The van der Waals surface area contributed by atoms with Gasteiger partial charge in [-0.2, -0.15) is 0 Å². The third kappa shape index (κ3) is 3.93. The highest BCUT2D eigenvalue weighted by Gasteiger charge is 2.39. The Morgan fingerprint density at radius 3 is 2.74 bits per heavy atom. The third-order valence-electron chi connectivity index (χ3n) is 4.98. The van der Waals surface area contributed by atoms with Crippen LogP contribution in [0.3, 0.4) is 0 Å². The smallest absolute Gasteiger partial charge is 0.320 e. The molecule has 2 aliphatic carbocycles. The van der Waals surface area contributed by atoms with Crippen molar-refractivity contribution in [2.45, 2.75) is 45.1 Å². The number of carbonyl (C=O) groups is 1. The van der Waals surface area contributed by atoms with Gasteiger partial charge >= 0.3 is 5.97 Å². The summed E-state index contributed by atoms with van der Waals surface area (Å²) in [6, 6.07) is -0.396. The minimum Gasteiger partial charge on any atom is -0.480 e. The topological polar surface area (TPSA) is 52.6 Å². The fourth-order valence-electron chi connectivity index (χ4n) is 4.00. The van der Waals surface area contributed by atoms with Gasteiger partial charge in [0.25, 0.3) is 0 Å². The van der Waals surface area contributed by atoms with Gasteiger partial charge in [-0.3, -0.25) is 4.79 Å². The molecule has 2 N–H and O–H groups in total. The molecule has 0 radical (unpaired) electrons. The number of fused-ring (bicyclic) bond motifs is 2. The van der Waals surface area contributed by atoms with E-state index >= 15 is 0 Å². The molecule has 0 aromatic rings. The molecule has 4 atom stereocenters. The number of nitrogens with zero attached hydrogens (tertiary/aromatic N) is 1. The maximum Gasteiger partial charge on any atom is 0.320 e. The summed E-state index contributed by atoms with van der Waals surface area (Å²) in [7, 11) is 2.14. The van der Waals surface area contributed by atoms with Gasteiger partial charge in [-0.05, 0) is 63.6 Å². The second kappa shape index (κ2) is 6.71. The number of rotatable bonds is 8. The Bertz CT molecular complexity index is 309. The fraction of sp³-hybridized carbons (Fsp3) is 0.933. The van der Waals surface area contributed by atoms with Crippen LogP contribution in [0.5, 0.6) is 0 Å². The number of hydrogen-bond donors (Lipinski definition) is 2. The van der Waals surface area contributed by atoms with E-state index < -0.39 is 12.0 Å². The highest BCUT2D eigenvalue weighted by atomic mass is 16.4. The van der Waals surface area contributed by atoms with E-state index in [0.717, 1.165) is 30.8 Å². The molecule has 0 amide bonds. The van der Waals surface area contributed by atoms with Crippen LogP contribution in [0.25, 0.3) is 0 Å². The van der Waals surface area contributed by atoms with Crippen LogP contribution in [-0.4, -0.2) is 48.7 Å². The molecule has 4 heteroatoms. The zero-order chi connectivity index (χ0) is 13.8. The van der Waals surface area contributed by atoms with Gasteiger partial charge in [-0.25, -0.2) is 0 Å². The Morgan fingerprint density at radius 2 is 2.21 bits per heavy atom. The van der Waals surface area contributed by atoms with E-state index in [1.807, 2.05) is 6.92 Å². The van der Waals surface area contributed by atoms with Crippen LogP contribution in [0, 0.1) is 17.8 Å². The first-order valence-corrected chi connectivity index (χ1v) is 7.74. The lowest BCUT2D eigenvalue weighted by Crippen LogP contribution is -2.40. The van der Waals surface area contributed by atoms with E-state index in [9.17, 15) is 4.79 Å². The van der Waals surface area contributed by atoms with Crippen LogP contribution in [0.1, 0.15) is 39.0 Å². The molecule has 2 fully saturated rings. The maximum absolute atomic E-state index is 11.1. The Hall–Kier alpha value is -0.610. The van der Waals surface area contributed by atoms with Crippen molar-refractivity contribution in [3.8, 4) is 0 Å². The van der Waals surface area contributed by atoms with E-state index in [0.29, 0.717) is 13.0 Å². The molecule has 2 aliphatic rings. The fourth-order valence-corrected chi connectivity index (χ4v) is 4.00. The van der Waals surface area contributed by atoms with Crippen LogP contribution in [-0.2, 0) is 4.79 Å². The minimum atomic E-state index is -0.727. The van der Waals surface area contributed by atoms with Crippen molar-refractivity contribution in [1.82, 2.24) is 10.2 Å². The summed E-state index contributed by atoms with van der Waals surface area (Å²) >= 11 is 0. The van der Waals surface area contributed by atoms with Gasteiger partial charge in [0.15, 0.2) is 0 Å². The number of likely N-dealkylation sites (N-methyl/N-ethyl adjacent to an activating group) is 1. The van der Waals surface area contributed by atoms with Gasteiger partial charge < -0.3 is 15.3 Å². The quantitative estimate of drug-likeness (QED) is 0.705. The molecule has 0 heterocycles. The zero-order valence-electron chi connectivity index (χ0n) is 12.3. The normalized spacial score (nSPS) is 31.0. The number of carboxylic acids is 1. The van der Waals surface area contributed by atoms with E-state index in [-0.39, 0.29) is 0 Å². The molecule has 0 spiro atoms. The Labute approximate surface area is 116 Å². The summed E-state index contributed by atoms with van der Waals surface area (Å²) in [4.78, 5) is 13.4. The van der Waals surface area contributed by atoms with Crippen LogP contribution in [0.4, 0.5) is 0 Å². The summed E-state index contributed by atoms with van der Waals surface area (Å²) in [5.41, 5.74) is 0. The molecule has 2 bridgehead atoms. The highest BCUT2D eigenvalue weighted by molar-refractivity contribution is 5.73. The van der Waals surface area contributed by atoms with Gasteiger partial charge in [0.1, 0.15) is 6.04 Å². The summed E-state index contributed by atoms with van der Waals surface area (Å²) in [5.74, 6) is 2.09. The SMILES string of the molecule is CCNC(CCN(C)CC1CC2CCC1C2)C(=O)O. The summed E-state index contributed by atoms with van der Waals surface area (Å²) in [6.07, 6.45) is 6.43. The monoisotopic (exact) mass is 268 g/mol. The highest BCUT2D eigenvalue weighted by Crippen LogP contribution is 2.48. The second-order valence-corrected chi connectivity index (χ2v) is 6.43. The van der Waals surface area contributed by atoms with Crippen LogP contribution in [0.2, 0.25) is 0 Å². The van der Waals surface area contributed by atoms with Crippen molar-refractivity contribution in [2.24, 2.45) is 17.8 Å². The van der Waals surface area contributed by atoms with E-state index in [1.54, 1.807) is 0 Å². The average Bonchev–Trinajstić information content (AvgIpc) is 2.96. The molecule has 4 nitrogen and oxygen atoms in total. The van der Waals surface area contributed by atoms with Crippen LogP contribution < -0.4 is 5.32 Å². The molecular weight excluding hydrogens is 240 g/mol.